The van der Waals surface area contributed by atoms with E-state index in [4.69, 9.17) is 9.47 Å². The fourth-order valence-electron chi connectivity index (χ4n) is 2.15. The summed E-state index contributed by atoms with van der Waals surface area (Å²) in [5.74, 6) is -0.938. The number of carbonyl (C=O) groups is 2. The van der Waals surface area contributed by atoms with Crippen LogP contribution in [0.25, 0.3) is 0 Å². The number of rotatable bonds is 5. The molecule has 1 saturated heterocycles. The topological polar surface area (TPSA) is 64.6 Å². The minimum Gasteiger partial charge on any atom is -0.458 e. The molecule has 5 heteroatoms. The van der Waals surface area contributed by atoms with Gasteiger partial charge in [-0.05, 0) is 38.8 Å². The summed E-state index contributed by atoms with van der Waals surface area (Å²) >= 11 is 0. The monoisotopic (exact) mass is 291 g/mol. The molecule has 0 aliphatic carbocycles. The minimum atomic E-state index is -1.28. The highest BCUT2D eigenvalue weighted by Gasteiger charge is 2.36. The Balaban J connectivity index is 1.85. The lowest BCUT2D eigenvalue weighted by molar-refractivity contribution is -0.180. The van der Waals surface area contributed by atoms with Gasteiger partial charge < -0.3 is 14.8 Å². The van der Waals surface area contributed by atoms with Crippen molar-refractivity contribution in [2.45, 2.75) is 44.9 Å². The zero-order valence-corrected chi connectivity index (χ0v) is 12.4. The summed E-state index contributed by atoms with van der Waals surface area (Å²) in [6.45, 7) is 4.07. The average Bonchev–Trinajstić information content (AvgIpc) is 2.99. The summed E-state index contributed by atoms with van der Waals surface area (Å²) in [5, 5.41) is 3.05. The van der Waals surface area contributed by atoms with E-state index < -0.39 is 17.5 Å². The second kappa shape index (κ2) is 6.72. The molecule has 1 aromatic rings. The van der Waals surface area contributed by atoms with Gasteiger partial charge in [0.2, 0.25) is 5.60 Å². The lowest BCUT2D eigenvalue weighted by Crippen LogP contribution is -2.43. The minimum absolute atomic E-state index is 0.169. The number of esters is 2. The van der Waals surface area contributed by atoms with E-state index in [9.17, 15) is 9.59 Å². The van der Waals surface area contributed by atoms with Crippen molar-refractivity contribution in [3.63, 3.8) is 0 Å². The van der Waals surface area contributed by atoms with Crippen LogP contribution in [0.4, 0.5) is 0 Å². The highest BCUT2D eigenvalue weighted by molar-refractivity contribution is 5.84. The van der Waals surface area contributed by atoms with Gasteiger partial charge in [0.1, 0.15) is 12.6 Å². The maximum absolute atomic E-state index is 12.1. The molecule has 1 aromatic carbocycles. The molecule has 1 unspecified atom stereocenters. The van der Waals surface area contributed by atoms with Crippen molar-refractivity contribution in [3.8, 4) is 0 Å². The van der Waals surface area contributed by atoms with Crippen molar-refractivity contribution in [1.29, 1.82) is 0 Å². The smallest absolute Gasteiger partial charge is 0.350 e. The number of benzene rings is 1. The Bertz CT molecular complexity index is 492. The molecule has 1 aliphatic heterocycles. The summed E-state index contributed by atoms with van der Waals surface area (Å²) < 4.78 is 10.5. The first-order valence-electron chi connectivity index (χ1n) is 7.16. The van der Waals surface area contributed by atoms with E-state index in [0.29, 0.717) is 0 Å². The van der Waals surface area contributed by atoms with Crippen molar-refractivity contribution in [3.05, 3.63) is 35.9 Å². The van der Waals surface area contributed by atoms with Crippen molar-refractivity contribution >= 4 is 11.9 Å². The average molecular weight is 291 g/mol. The molecule has 0 amide bonds. The summed E-state index contributed by atoms with van der Waals surface area (Å²) in [7, 11) is 0. The molecule has 1 atom stereocenters. The molecule has 1 heterocycles. The molecule has 1 N–H and O–H groups in total. The van der Waals surface area contributed by atoms with Gasteiger partial charge in [-0.25, -0.2) is 4.79 Å². The lowest BCUT2D eigenvalue weighted by Gasteiger charge is -2.24. The van der Waals surface area contributed by atoms with Gasteiger partial charge in [0.25, 0.3) is 0 Å². The first kappa shape index (κ1) is 15.5. The molecular formula is C16H21NO4. The number of ether oxygens (including phenoxy) is 2. The molecule has 1 aliphatic rings. The Morgan fingerprint density at radius 2 is 2.00 bits per heavy atom. The lowest BCUT2D eigenvalue weighted by atomic mass is 10.1. The standard InChI is InChI=1S/C16H21NO4/c1-16(2,21-14(18)13-9-6-10-17-13)15(19)20-11-12-7-4-3-5-8-12/h3-5,7-8,13,17H,6,9-11H2,1-2H3. The van der Waals surface area contributed by atoms with Crippen molar-refractivity contribution in [2.75, 3.05) is 6.54 Å². The van der Waals surface area contributed by atoms with Crippen molar-refractivity contribution < 1.29 is 19.1 Å². The van der Waals surface area contributed by atoms with Gasteiger partial charge in [0.15, 0.2) is 0 Å². The number of hydrogen-bond donors (Lipinski definition) is 1. The van der Waals surface area contributed by atoms with Crippen LogP contribution in [0, 0.1) is 0 Å². The van der Waals surface area contributed by atoms with Gasteiger partial charge in [-0.2, -0.15) is 0 Å². The normalized spacial score (nSPS) is 18.3. The van der Waals surface area contributed by atoms with Gasteiger partial charge in [0, 0.05) is 0 Å². The Kier molecular flexibility index (Phi) is 4.96. The quantitative estimate of drug-likeness (QED) is 0.838. The van der Waals surface area contributed by atoms with Crippen LogP contribution in [0.3, 0.4) is 0 Å². The number of nitrogens with one attached hydrogen (secondary N) is 1. The predicted molar refractivity (Wildman–Crippen MR) is 77.4 cm³/mol. The molecule has 0 saturated carbocycles. The fourth-order valence-corrected chi connectivity index (χ4v) is 2.15. The summed E-state index contributed by atoms with van der Waals surface area (Å²) in [5.41, 5.74) is -0.388. The molecule has 21 heavy (non-hydrogen) atoms. The molecule has 5 nitrogen and oxygen atoms in total. The van der Waals surface area contributed by atoms with E-state index in [2.05, 4.69) is 5.32 Å². The second-order valence-corrected chi connectivity index (χ2v) is 5.64. The third kappa shape index (κ3) is 4.29. The van der Waals surface area contributed by atoms with Crippen molar-refractivity contribution in [2.24, 2.45) is 0 Å². The molecule has 1 fully saturated rings. The molecule has 2 rings (SSSR count). The van der Waals surface area contributed by atoms with E-state index in [-0.39, 0.29) is 12.6 Å². The Morgan fingerprint density at radius 1 is 1.29 bits per heavy atom. The van der Waals surface area contributed by atoms with Gasteiger partial charge >= 0.3 is 11.9 Å². The molecule has 114 valence electrons. The first-order valence-corrected chi connectivity index (χ1v) is 7.16. The maximum Gasteiger partial charge on any atom is 0.350 e. The van der Waals surface area contributed by atoms with E-state index in [0.717, 1.165) is 24.9 Å². The highest BCUT2D eigenvalue weighted by Crippen LogP contribution is 2.17. The van der Waals surface area contributed by atoms with Gasteiger partial charge in [-0.15, -0.1) is 0 Å². The highest BCUT2D eigenvalue weighted by atomic mass is 16.6. The van der Waals surface area contributed by atoms with Crippen LogP contribution >= 0.6 is 0 Å². The van der Waals surface area contributed by atoms with Gasteiger partial charge in [-0.3, -0.25) is 4.79 Å². The zero-order chi connectivity index (χ0) is 15.3. The Morgan fingerprint density at radius 3 is 2.62 bits per heavy atom. The number of carbonyl (C=O) groups excluding carboxylic acids is 2. The number of hydrogen-bond acceptors (Lipinski definition) is 5. The van der Waals surface area contributed by atoms with Crippen LogP contribution in [-0.4, -0.2) is 30.1 Å². The first-order chi connectivity index (χ1) is 9.99. The second-order valence-electron chi connectivity index (χ2n) is 5.64. The maximum atomic E-state index is 12.1. The fraction of sp³-hybridized carbons (Fsp3) is 0.500. The van der Waals surface area contributed by atoms with E-state index in [1.54, 1.807) is 13.8 Å². The third-order valence-electron chi connectivity index (χ3n) is 3.40. The summed E-state index contributed by atoms with van der Waals surface area (Å²) in [6.07, 6.45) is 1.69. The van der Waals surface area contributed by atoms with Crippen LogP contribution in [0.1, 0.15) is 32.3 Å². The van der Waals surface area contributed by atoms with Crippen molar-refractivity contribution in [1.82, 2.24) is 5.32 Å². The van der Waals surface area contributed by atoms with Crippen LogP contribution in [0.5, 0.6) is 0 Å². The SMILES string of the molecule is CC(C)(OC(=O)C1CCCN1)C(=O)OCc1ccccc1. The zero-order valence-electron chi connectivity index (χ0n) is 12.4. The van der Waals surface area contributed by atoms with Crippen LogP contribution in [-0.2, 0) is 25.7 Å². The van der Waals surface area contributed by atoms with Crippen LogP contribution < -0.4 is 5.32 Å². The van der Waals surface area contributed by atoms with Crippen LogP contribution in [0.2, 0.25) is 0 Å². The molecule has 0 aromatic heterocycles. The van der Waals surface area contributed by atoms with Gasteiger partial charge in [0.05, 0.1) is 0 Å². The Labute approximate surface area is 124 Å². The molecule has 0 radical (unpaired) electrons. The molecule has 0 spiro atoms. The molecule has 0 bridgehead atoms. The Hall–Kier alpha value is -1.88. The predicted octanol–water partition coefficient (Wildman–Crippen LogP) is 1.80. The molecular weight excluding hydrogens is 270 g/mol. The van der Waals surface area contributed by atoms with Gasteiger partial charge in [-0.1, -0.05) is 30.3 Å². The van der Waals surface area contributed by atoms with E-state index in [1.165, 1.54) is 0 Å². The summed E-state index contributed by atoms with van der Waals surface area (Å²) in [4.78, 5) is 24.0. The largest absolute Gasteiger partial charge is 0.458 e. The van der Waals surface area contributed by atoms with E-state index >= 15 is 0 Å². The summed E-state index contributed by atoms with van der Waals surface area (Å²) in [6, 6.07) is 9.07. The van der Waals surface area contributed by atoms with E-state index in [1.807, 2.05) is 30.3 Å². The van der Waals surface area contributed by atoms with Crippen LogP contribution in [0.15, 0.2) is 30.3 Å². The third-order valence-corrected chi connectivity index (χ3v) is 3.40.